The van der Waals surface area contributed by atoms with Crippen molar-refractivity contribution in [1.82, 2.24) is 29.9 Å². The molecule has 3 heterocycles. The quantitative estimate of drug-likeness (QED) is 0.354. The highest BCUT2D eigenvalue weighted by Gasteiger charge is 2.58. The molecule has 35 heavy (non-hydrogen) atoms. The van der Waals surface area contributed by atoms with Crippen molar-refractivity contribution in [2.45, 2.75) is 24.0 Å². The topological polar surface area (TPSA) is 128 Å². The van der Waals surface area contributed by atoms with Gasteiger partial charge in [0.1, 0.15) is 5.69 Å². The highest BCUT2D eigenvalue weighted by atomic mass is 32.2. The molecule has 0 aromatic carbocycles. The predicted molar refractivity (Wildman–Crippen MR) is 109 cm³/mol. The average molecular weight is 518 g/mol. The van der Waals surface area contributed by atoms with E-state index in [0.717, 1.165) is 16.9 Å². The standard InChI is InChI=1S/C19H15F5N6O4S/c1-3-6-26-16(31)12-5-7-25-15-14(17(29-30(12)15)35(32,33)4-2)11-8-28-13(9-27-11)34-10-18(20,21)19(22,23)24/h1,5,7-9H,4,6,10H2,2H3,(H,26,31). The molecule has 10 nitrogen and oxygen atoms in total. The van der Waals surface area contributed by atoms with E-state index in [1.165, 1.54) is 19.2 Å². The van der Waals surface area contributed by atoms with E-state index in [0.29, 0.717) is 0 Å². The average Bonchev–Trinajstić information content (AvgIpc) is 3.21. The fourth-order valence-corrected chi connectivity index (χ4v) is 3.65. The van der Waals surface area contributed by atoms with Gasteiger partial charge >= 0.3 is 12.1 Å². The molecule has 16 heteroatoms. The first-order valence-electron chi connectivity index (χ1n) is 9.54. The lowest BCUT2D eigenvalue weighted by molar-refractivity contribution is -0.290. The van der Waals surface area contributed by atoms with Crippen LogP contribution in [0.2, 0.25) is 0 Å². The van der Waals surface area contributed by atoms with E-state index in [4.69, 9.17) is 6.42 Å². The van der Waals surface area contributed by atoms with Gasteiger partial charge in [0.15, 0.2) is 27.1 Å². The Morgan fingerprint density at radius 2 is 1.91 bits per heavy atom. The second-order valence-electron chi connectivity index (χ2n) is 6.77. The maximum atomic E-state index is 13.1. The predicted octanol–water partition coefficient (Wildman–Crippen LogP) is 1.92. The second-order valence-corrected chi connectivity index (χ2v) is 8.96. The van der Waals surface area contributed by atoms with Crippen molar-refractivity contribution >= 4 is 21.4 Å². The molecule has 0 fully saturated rings. The number of hydrogen-bond donors (Lipinski definition) is 1. The van der Waals surface area contributed by atoms with Gasteiger partial charge in [-0.1, -0.05) is 12.8 Å². The molecule has 0 radical (unpaired) electrons. The number of nitrogens with one attached hydrogen (secondary N) is 1. The van der Waals surface area contributed by atoms with Crippen LogP contribution in [0.3, 0.4) is 0 Å². The number of nitrogens with zero attached hydrogens (tertiary/aromatic N) is 5. The number of carbonyl (C=O) groups is 1. The first kappa shape index (κ1) is 25.7. The number of amides is 1. The largest absolute Gasteiger partial charge is 0.470 e. The number of ether oxygens (including phenoxy) is 1. The summed E-state index contributed by atoms with van der Waals surface area (Å²) < 4.78 is 93.8. The molecule has 0 bridgehead atoms. The van der Waals surface area contributed by atoms with Gasteiger partial charge in [-0.05, 0) is 6.07 Å². The zero-order valence-electron chi connectivity index (χ0n) is 17.7. The number of carbonyl (C=O) groups excluding carboxylic acids is 1. The maximum Gasteiger partial charge on any atom is 0.456 e. The number of sulfone groups is 1. The van der Waals surface area contributed by atoms with Crippen LogP contribution in [0.25, 0.3) is 16.9 Å². The highest BCUT2D eigenvalue weighted by molar-refractivity contribution is 7.91. The Balaban J connectivity index is 2.07. The van der Waals surface area contributed by atoms with Gasteiger partial charge in [-0.3, -0.25) is 4.79 Å². The van der Waals surface area contributed by atoms with Crippen LogP contribution >= 0.6 is 0 Å². The summed E-state index contributed by atoms with van der Waals surface area (Å²) in [6.07, 6.45) is 2.13. The molecule has 0 saturated carbocycles. The van der Waals surface area contributed by atoms with Crippen molar-refractivity contribution < 1.29 is 39.9 Å². The molecule has 1 N–H and O–H groups in total. The molecular formula is C19H15F5N6O4S. The molecule has 1 amide bonds. The number of halogens is 5. The van der Waals surface area contributed by atoms with Gasteiger partial charge in [-0.15, -0.1) is 6.42 Å². The first-order valence-corrected chi connectivity index (χ1v) is 11.2. The number of hydrogen-bond acceptors (Lipinski definition) is 8. The number of aromatic nitrogens is 5. The molecular weight excluding hydrogens is 503 g/mol. The molecule has 0 unspecified atom stereocenters. The Morgan fingerprint density at radius 3 is 2.49 bits per heavy atom. The van der Waals surface area contributed by atoms with Crippen LogP contribution in [0, 0.1) is 12.3 Å². The highest BCUT2D eigenvalue weighted by Crippen LogP contribution is 2.36. The van der Waals surface area contributed by atoms with Crippen LogP contribution in [0.4, 0.5) is 22.0 Å². The van der Waals surface area contributed by atoms with E-state index in [1.807, 2.05) is 0 Å². The smallest absolute Gasteiger partial charge is 0.456 e. The van der Waals surface area contributed by atoms with Crippen LogP contribution < -0.4 is 10.1 Å². The minimum absolute atomic E-state index is 0.105. The van der Waals surface area contributed by atoms with Crippen LogP contribution in [0.1, 0.15) is 17.4 Å². The lowest BCUT2D eigenvalue weighted by Crippen LogP contribution is -2.41. The van der Waals surface area contributed by atoms with Crippen LogP contribution in [0.15, 0.2) is 29.7 Å². The van der Waals surface area contributed by atoms with Gasteiger partial charge < -0.3 is 10.1 Å². The minimum atomic E-state index is -5.82. The Bertz CT molecular complexity index is 1400. The Hall–Kier alpha value is -3.87. The van der Waals surface area contributed by atoms with Crippen molar-refractivity contribution in [2.24, 2.45) is 0 Å². The normalized spacial score (nSPS) is 12.4. The van der Waals surface area contributed by atoms with Gasteiger partial charge in [0.25, 0.3) is 5.91 Å². The molecule has 3 aromatic rings. The third-order valence-electron chi connectivity index (χ3n) is 4.44. The van der Waals surface area contributed by atoms with Crippen molar-refractivity contribution in [3.8, 4) is 29.5 Å². The number of rotatable bonds is 8. The van der Waals surface area contributed by atoms with Crippen molar-refractivity contribution in [3.63, 3.8) is 0 Å². The molecule has 3 rings (SSSR count). The molecule has 0 atom stereocenters. The summed E-state index contributed by atoms with van der Waals surface area (Å²) in [5.41, 5.74) is -0.558. The first-order chi connectivity index (χ1) is 16.3. The Labute approximate surface area is 194 Å². The van der Waals surface area contributed by atoms with Crippen molar-refractivity contribution in [3.05, 3.63) is 30.4 Å². The third-order valence-corrected chi connectivity index (χ3v) is 6.08. The van der Waals surface area contributed by atoms with E-state index in [-0.39, 0.29) is 34.9 Å². The Morgan fingerprint density at radius 1 is 1.20 bits per heavy atom. The summed E-state index contributed by atoms with van der Waals surface area (Å²) in [6.45, 7) is -0.799. The van der Waals surface area contributed by atoms with Gasteiger partial charge in [0, 0.05) is 6.20 Å². The molecule has 186 valence electrons. The summed E-state index contributed by atoms with van der Waals surface area (Å²) in [6, 6.07) is 1.27. The lowest BCUT2D eigenvalue weighted by atomic mass is 10.2. The van der Waals surface area contributed by atoms with Crippen molar-refractivity contribution in [2.75, 3.05) is 18.9 Å². The summed E-state index contributed by atoms with van der Waals surface area (Å²) in [7, 11) is -4.01. The van der Waals surface area contributed by atoms with Crippen LogP contribution in [-0.2, 0) is 9.84 Å². The van der Waals surface area contributed by atoms with Gasteiger partial charge in [0.05, 0.1) is 35.9 Å². The summed E-state index contributed by atoms with van der Waals surface area (Å²) >= 11 is 0. The second kappa shape index (κ2) is 9.41. The zero-order chi connectivity index (χ0) is 26.0. The summed E-state index contributed by atoms with van der Waals surface area (Å²) in [5, 5.41) is 5.91. The Kier molecular flexibility index (Phi) is 6.92. The molecule has 0 aliphatic rings. The van der Waals surface area contributed by atoms with Gasteiger partial charge in [0.2, 0.25) is 5.88 Å². The summed E-state index contributed by atoms with van der Waals surface area (Å²) in [5.74, 6) is -4.64. The zero-order valence-corrected chi connectivity index (χ0v) is 18.5. The number of alkyl halides is 5. The molecule has 0 spiro atoms. The van der Waals surface area contributed by atoms with Gasteiger partial charge in [-0.2, -0.15) is 27.1 Å². The minimum Gasteiger partial charge on any atom is -0.470 e. The van der Waals surface area contributed by atoms with E-state index >= 15 is 0 Å². The number of fused-ring (bicyclic) bond motifs is 1. The van der Waals surface area contributed by atoms with Crippen molar-refractivity contribution in [1.29, 1.82) is 0 Å². The van der Waals surface area contributed by atoms with E-state index < -0.39 is 45.4 Å². The SMILES string of the molecule is C#CCNC(=O)c1ccnc2c(-c3cnc(OCC(F)(F)C(F)(F)F)cn3)c(S(=O)(=O)CC)nn12. The fraction of sp³-hybridized carbons (Fsp3) is 0.316. The molecule has 3 aromatic heterocycles. The van der Waals surface area contributed by atoms with Crippen LogP contribution in [0.5, 0.6) is 5.88 Å². The molecule has 0 saturated heterocycles. The molecule has 0 aliphatic carbocycles. The molecule has 0 aliphatic heterocycles. The van der Waals surface area contributed by atoms with E-state index in [1.54, 1.807) is 0 Å². The lowest BCUT2D eigenvalue weighted by Gasteiger charge is -2.19. The third kappa shape index (κ3) is 5.14. The van der Waals surface area contributed by atoms with E-state index in [9.17, 15) is 35.2 Å². The maximum absolute atomic E-state index is 13.1. The fourth-order valence-electron chi connectivity index (χ4n) is 2.66. The van der Waals surface area contributed by atoms with Gasteiger partial charge in [-0.25, -0.2) is 27.9 Å². The summed E-state index contributed by atoms with van der Waals surface area (Å²) in [4.78, 5) is 24.0. The van der Waals surface area contributed by atoms with E-state index in [2.05, 4.69) is 36.0 Å². The van der Waals surface area contributed by atoms with Crippen LogP contribution in [-0.4, -0.2) is 69.9 Å². The number of terminal acetylenes is 1. The monoisotopic (exact) mass is 518 g/mol.